The van der Waals surface area contributed by atoms with Crippen LogP contribution >= 0.6 is 0 Å². The Kier molecular flexibility index (Phi) is 7.12. The van der Waals surface area contributed by atoms with Gasteiger partial charge in [0.1, 0.15) is 0 Å². The number of nitro benzene ring substituents is 1. The SMILES string of the molecule is C[C@@H]1[C@H](C)CCC[C@H]1NC(=O)CCCC(=O)Nc1ccc([N+](=O)[O-])cc1. The molecule has 7 nitrogen and oxygen atoms in total. The molecule has 0 aromatic heterocycles. The molecule has 1 aliphatic carbocycles. The fraction of sp³-hybridized carbons (Fsp3) is 0.579. The molecule has 0 radical (unpaired) electrons. The number of nitrogens with one attached hydrogen (secondary N) is 2. The topological polar surface area (TPSA) is 101 Å². The third-order valence-corrected chi connectivity index (χ3v) is 5.22. The number of amides is 2. The number of benzene rings is 1. The van der Waals surface area contributed by atoms with Crippen LogP contribution in [0.3, 0.4) is 0 Å². The van der Waals surface area contributed by atoms with Crippen LogP contribution in [0.4, 0.5) is 11.4 Å². The fourth-order valence-corrected chi connectivity index (χ4v) is 3.36. The zero-order chi connectivity index (χ0) is 19.1. The highest BCUT2D eigenvalue weighted by atomic mass is 16.6. The summed E-state index contributed by atoms with van der Waals surface area (Å²) in [6.45, 7) is 4.41. The lowest BCUT2D eigenvalue weighted by molar-refractivity contribution is -0.384. The van der Waals surface area contributed by atoms with Crippen LogP contribution in [0.5, 0.6) is 0 Å². The predicted octanol–water partition coefficient (Wildman–Crippen LogP) is 3.64. The first-order valence-corrected chi connectivity index (χ1v) is 9.20. The summed E-state index contributed by atoms with van der Waals surface area (Å²) >= 11 is 0. The Hall–Kier alpha value is -2.44. The van der Waals surface area contributed by atoms with Crippen molar-refractivity contribution in [1.29, 1.82) is 0 Å². The Labute approximate surface area is 153 Å². The lowest BCUT2D eigenvalue weighted by Crippen LogP contribution is -2.43. The second-order valence-electron chi connectivity index (χ2n) is 7.15. The van der Waals surface area contributed by atoms with Gasteiger partial charge in [-0.25, -0.2) is 0 Å². The standard InChI is InChI=1S/C19H27N3O4/c1-13-5-3-6-17(14(13)2)21-19(24)8-4-7-18(23)20-15-9-11-16(12-10-15)22(25)26/h9-14,17H,3-8H2,1-2H3,(H,20,23)(H,21,24)/t13-,14-,17-/m1/s1. The molecule has 1 saturated carbocycles. The molecule has 1 aromatic rings. The monoisotopic (exact) mass is 361 g/mol. The number of carbonyl (C=O) groups excluding carboxylic acids is 2. The highest BCUT2D eigenvalue weighted by Crippen LogP contribution is 2.29. The summed E-state index contributed by atoms with van der Waals surface area (Å²) in [6.07, 6.45) is 4.43. The molecule has 3 atom stereocenters. The zero-order valence-electron chi connectivity index (χ0n) is 15.4. The van der Waals surface area contributed by atoms with Gasteiger partial charge in [0.15, 0.2) is 0 Å². The van der Waals surface area contributed by atoms with Gasteiger partial charge in [-0.1, -0.05) is 26.7 Å². The molecular weight excluding hydrogens is 334 g/mol. The van der Waals surface area contributed by atoms with Crippen LogP contribution in [0.25, 0.3) is 0 Å². The van der Waals surface area contributed by atoms with E-state index in [-0.39, 0.29) is 30.0 Å². The third kappa shape index (κ3) is 5.82. The zero-order valence-corrected chi connectivity index (χ0v) is 15.4. The first-order valence-electron chi connectivity index (χ1n) is 9.20. The van der Waals surface area contributed by atoms with Crippen molar-refractivity contribution in [2.75, 3.05) is 5.32 Å². The summed E-state index contributed by atoms with van der Waals surface area (Å²) in [5.74, 6) is 0.907. The quantitative estimate of drug-likeness (QED) is 0.572. The number of anilines is 1. The Bertz CT molecular complexity index is 645. The number of hydrogen-bond donors (Lipinski definition) is 2. The molecule has 7 heteroatoms. The van der Waals surface area contributed by atoms with E-state index in [4.69, 9.17) is 0 Å². The lowest BCUT2D eigenvalue weighted by Gasteiger charge is -2.34. The van der Waals surface area contributed by atoms with E-state index < -0.39 is 4.92 Å². The molecule has 0 heterocycles. The minimum Gasteiger partial charge on any atom is -0.353 e. The van der Waals surface area contributed by atoms with Crippen molar-refractivity contribution in [2.24, 2.45) is 11.8 Å². The summed E-state index contributed by atoms with van der Waals surface area (Å²) in [7, 11) is 0. The second kappa shape index (κ2) is 9.31. The van der Waals surface area contributed by atoms with Gasteiger partial charge < -0.3 is 10.6 Å². The van der Waals surface area contributed by atoms with Crippen molar-refractivity contribution < 1.29 is 14.5 Å². The number of rotatable bonds is 7. The van der Waals surface area contributed by atoms with Gasteiger partial charge in [0.25, 0.3) is 5.69 Å². The van der Waals surface area contributed by atoms with Gasteiger partial charge in [0.05, 0.1) is 4.92 Å². The molecule has 2 N–H and O–H groups in total. The summed E-state index contributed by atoms with van der Waals surface area (Å²) in [5, 5.41) is 16.4. The number of non-ortho nitro benzene ring substituents is 1. The van der Waals surface area contributed by atoms with Crippen LogP contribution in [0, 0.1) is 22.0 Å². The Balaban J connectivity index is 1.69. The Morgan fingerprint density at radius 2 is 1.77 bits per heavy atom. The van der Waals surface area contributed by atoms with Crippen molar-refractivity contribution >= 4 is 23.2 Å². The number of nitro groups is 1. The second-order valence-corrected chi connectivity index (χ2v) is 7.15. The van der Waals surface area contributed by atoms with Crippen LogP contribution in [0.1, 0.15) is 52.4 Å². The van der Waals surface area contributed by atoms with E-state index in [1.54, 1.807) is 0 Å². The molecule has 0 spiro atoms. The van der Waals surface area contributed by atoms with Crippen molar-refractivity contribution in [3.63, 3.8) is 0 Å². The number of hydrogen-bond acceptors (Lipinski definition) is 4. The summed E-state index contributed by atoms with van der Waals surface area (Å²) < 4.78 is 0. The lowest BCUT2D eigenvalue weighted by atomic mass is 9.78. The highest BCUT2D eigenvalue weighted by molar-refractivity contribution is 5.91. The fourth-order valence-electron chi connectivity index (χ4n) is 3.36. The van der Waals surface area contributed by atoms with E-state index in [0.29, 0.717) is 30.4 Å². The molecule has 2 amide bonds. The van der Waals surface area contributed by atoms with Crippen LogP contribution in [-0.4, -0.2) is 22.8 Å². The van der Waals surface area contributed by atoms with Crippen molar-refractivity contribution in [3.8, 4) is 0 Å². The molecule has 0 saturated heterocycles. The van der Waals surface area contributed by atoms with Gasteiger partial charge >= 0.3 is 0 Å². The van der Waals surface area contributed by atoms with E-state index in [9.17, 15) is 19.7 Å². The molecule has 142 valence electrons. The van der Waals surface area contributed by atoms with E-state index in [0.717, 1.165) is 12.8 Å². The predicted molar refractivity (Wildman–Crippen MR) is 99.7 cm³/mol. The van der Waals surface area contributed by atoms with E-state index in [1.807, 2.05) is 0 Å². The van der Waals surface area contributed by atoms with E-state index in [1.165, 1.54) is 30.7 Å². The van der Waals surface area contributed by atoms with Crippen molar-refractivity contribution in [2.45, 2.75) is 58.4 Å². The van der Waals surface area contributed by atoms with Gasteiger partial charge in [0.2, 0.25) is 11.8 Å². The molecule has 0 aliphatic heterocycles. The van der Waals surface area contributed by atoms with Crippen LogP contribution in [0.15, 0.2) is 24.3 Å². The first-order chi connectivity index (χ1) is 12.4. The number of nitrogens with zero attached hydrogens (tertiary/aromatic N) is 1. The average molecular weight is 361 g/mol. The Morgan fingerprint density at radius 3 is 2.42 bits per heavy atom. The molecule has 0 bridgehead atoms. The van der Waals surface area contributed by atoms with E-state index >= 15 is 0 Å². The summed E-state index contributed by atoms with van der Waals surface area (Å²) in [6, 6.07) is 5.91. The maximum atomic E-state index is 12.1. The highest BCUT2D eigenvalue weighted by Gasteiger charge is 2.27. The molecule has 26 heavy (non-hydrogen) atoms. The van der Waals surface area contributed by atoms with Gasteiger partial charge in [-0.2, -0.15) is 0 Å². The minimum absolute atomic E-state index is 0.000846. The molecule has 2 rings (SSSR count). The smallest absolute Gasteiger partial charge is 0.269 e. The largest absolute Gasteiger partial charge is 0.353 e. The number of carbonyl (C=O) groups is 2. The van der Waals surface area contributed by atoms with Crippen molar-refractivity contribution in [3.05, 3.63) is 34.4 Å². The van der Waals surface area contributed by atoms with Crippen LogP contribution in [0.2, 0.25) is 0 Å². The first kappa shape index (κ1) is 19.9. The van der Waals surface area contributed by atoms with Crippen LogP contribution < -0.4 is 10.6 Å². The molecule has 1 fully saturated rings. The van der Waals surface area contributed by atoms with E-state index in [2.05, 4.69) is 24.5 Å². The average Bonchev–Trinajstić information content (AvgIpc) is 2.59. The third-order valence-electron chi connectivity index (χ3n) is 5.22. The van der Waals surface area contributed by atoms with Gasteiger partial charge in [0, 0.05) is 36.7 Å². The maximum Gasteiger partial charge on any atom is 0.269 e. The van der Waals surface area contributed by atoms with Gasteiger partial charge in [-0.3, -0.25) is 19.7 Å². The summed E-state index contributed by atoms with van der Waals surface area (Å²) in [4.78, 5) is 34.1. The molecule has 1 aromatic carbocycles. The molecule has 0 unspecified atom stereocenters. The van der Waals surface area contributed by atoms with Gasteiger partial charge in [-0.05, 0) is 36.8 Å². The van der Waals surface area contributed by atoms with Crippen molar-refractivity contribution in [1.82, 2.24) is 5.32 Å². The maximum absolute atomic E-state index is 12.1. The van der Waals surface area contributed by atoms with Gasteiger partial charge in [-0.15, -0.1) is 0 Å². The normalized spacial score (nSPS) is 22.5. The Morgan fingerprint density at radius 1 is 1.12 bits per heavy atom. The summed E-state index contributed by atoms with van der Waals surface area (Å²) in [5.41, 5.74) is 0.487. The van der Waals surface area contributed by atoms with Crippen LogP contribution in [-0.2, 0) is 9.59 Å². The minimum atomic E-state index is -0.488. The molecule has 1 aliphatic rings. The molecular formula is C19H27N3O4.